The summed E-state index contributed by atoms with van der Waals surface area (Å²) in [6.07, 6.45) is 7.56. The fourth-order valence-electron chi connectivity index (χ4n) is 5.34. The van der Waals surface area contributed by atoms with E-state index < -0.39 is 5.54 Å². The first-order valence-corrected chi connectivity index (χ1v) is 11.5. The standard InChI is InChI=1S/C25H28N6O3/c1-30-14-18(29-20-12-19(26)27-15-28-20)23(32)21-22(30)24(33)31(25(21)10-4-3-5-11-25)13-16-6-8-17(34-2)9-7-16/h6-9,12,14-15H,3-5,10-11,13H2,1-2H3,(H3,26,27,28,29). The normalized spacial score (nSPS) is 16.5. The van der Waals surface area contributed by atoms with E-state index in [0.29, 0.717) is 35.1 Å². The first-order chi connectivity index (χ1) is 16.4. The number of hydrogen-bond donors (Lipinski definition) is 2. The van der Waals surface area contributed by atoms with Gasteiger partial charge in [-0.2, -0.15) is 0 Å². The second-order valence-corrected chi connectivity index (χ2v) is 8.99. The topological polar surface area (TPSA) is 115 Å². The minimum atomic E-state index is -0.623. The van der Waals surface area contributed by atoms with Gasteiger partial charge in [0.2, 0.25) is 5.43 Å². The minimum absolute atomic E-state index is 0.106. The lowest BCUT2D eigenvalue weighted by Crippen LogP contribution is -2.46. The van der Waals surface area contributed by atoms with Crippen LogP contribution in [0.25, 0.3) is 0 Å². The van der Waals surface area contributed by atoms with Gasteiger partial charge in [-0.1, -0.05) is 31.4 Å². The van der Waals surface area contributed by atoms with Crippen molar-refractivity contribution >= 4 is 23.2 Å². The van der Waals surface area contributed by atoms with E-state index in [1.807, 2.05) is 36.2 Å². The third kappa shape index (κ3) is 3.57. The van der Waals surface area contributed by atoms with Crippen LogP contribution in [0, 0.1) is 0 Å². The molecular formula is C25H28N6O3. The Bertz CT molecular complexity index is 1290. The number of hydrogen-bond acceptors (Lipinski definition) is 7. The first-order valence-electron chi connectivity index (χ1n) is 11.5. The first kappa shape index (κ1) is 21.9. The van der Waals surface area contributed by atoms with Gasteiger partial charge in [-0.3, -0.25) is 9.59 Å². The Balaban J connectivity index is 1.60. The molecule has 1 fully saturated rings. The number of nitrogens with two attached hydrogens (primary N) is 1. The lowest BCUT2D eigenvalue weighted by Gasteiger charge is -2.41. The summed E-state index contributed by atoms with van der Waals surface area (Å²) in [6.45, 7) is 0.433. The third-order valence-electron chi connectivity index (χ3n) is 6.95. The zero-order valence-electron chi connectivity index (χ0n) is 19.4. The van der Waals surface area contributed by atoms with E-state index in [-0.39, 0.29) is 11.3 Å². The van der Waals surface area contributed by atoms with Crippen molar-refractivity contribution in [1.82, 2.24) is 19.4 Å². The lowest BCUT2D eigenvalue weighted by molar-refractivity contribution is 0.0382. The molecule has 1 amide bonds. The molecule has 34 heavy (non-hydrogen) atoms. The molecule has 1 aliphatic carbocycles. The Morgan fingerprint density at radius 1 is 1.12 bits per heavy atom. The molecule has 3 heterocycles. The summed E-state index contributed by atoms with van der Waals surface area (Å²) in [5.74, 6) is 1.40. The summed E-state index contributed by atoms with van der Waals surface area (Å²) in [7, 11) is 3.44. The Hall–Kier alpha value is -3.88. The molecule has 5 rings (SSSR count). The van der Waals surface area contributed by atoms with Crippen LogP contribution < -0.4 is 21.2 Å². The Labute approximate surface area is 197 Å². The average molecular weight is 461 g/mol. The molecule has 1 spiro atoms. The SMILES string of the molecule is COc1ccc(CN2C(=O)c3c(c(=O)c(Nc4cc(N)ncn4)cn3C)C23CCCCC3)cc1. The summed E-state index contributed by atoms with van der Waals surface area (Å²) in [5, 5.41) is 3.09. The Morgan fingerprint density at radius 2 is 1.85 bits per heavy atom. The van der Waals surface area contributed by atoms with E-state index in [1.165, 1.54) is 6.33 Å². The predicted octanol–water partition coefficient (Wildman–Crippen LogP) is 3.33. The highest BCUT2D eigenvalue weighted by molar-refractivity contribution is 5.99. The second-order valence-electron chi connectivity index (χ2n) is 8.99. The highest BCUT2D eigenvalue weighted by atomic mass is 16.5. The largest absolute Gasteiger partial charge is 0.497 e. The molecule has 0 radical (unpaired) electrons. The summed E-state index contributed by atoms with van der Waals surface area (Å²) in [4.78, 5) is 37.6. The van der Waals surface area contributed by atoms with Crippen LogP contribution in [-0.4, -0.2) is 32.5 Å². The van der Waals surface area contributed by atoms with E-state index >= 15 is 0 Å². The number of aromatic nitrogens is 3. The van der Waals surface area contributed by atoms with Crippen LogP contribution in [0.15, 0.2) is 47.7 Å². The maximum absolute atomic E-state index is 13.9. The van der Waals surface area contributed by atoms with Crippen molar-refractivity contribution in [2.75, 3.05) is 18.2 Å². The summed E-state index contributed by atoms with van der Waals surface area (Å²) in [5.41, 5.74) is 7.40. The number of carbonyl (C=O) groups is 1. The lowest BCUT2D eigenvalue weighted by atomic mass is 9.76. The molecule has 0 atom stereocenters. The number of aryl methyl sites for hydroxylation is 1. The number of methoxy groups -OCH3 is 1. The van der Waals surface area contributed by atoms with Crippen LogP contribution in [-0.2, 0) is 19.1 Å². The van der Waals surface area contributed by atoms with Crippen molar-refractivity contribution in [3.63, 3.8) is 0 Å². The monoisotopic (exact) mass is 460 g/mol. The number of nitrogens with one attached hydrogen (secondary N) is 1. The molecular weight excluding hydrogens is 432 g/mol. The molecule has 0 saturated heterocycles. The molecule has 0 bridgehead atoms. The number of nitrogen functional groups attached to an aromatic ring is 1. The van der Waals surface area contributed by atoms with Gasteiger partial charge in [0.1, 0.15) is 35.1 Å². The predicted molar refractivity (Wildman–Crippen MR) is 129 cm³/mol. The van der Waals surface area contributed by atoms with Crippen molar-refractivity contribution in [1.29, 1.82) is 0 Å². The second kappa shape index (κ2) is 8.48. The van der Waals surface area contributed by atoms with Gasteiger partial charge in [0.25, 0.3) is 5.91 Å². The maximum Gasteiger partial charge on any atom is 0.272 e. The van der Waals surface area contributed by atoms with Crippen LogP contribution in [0.1, 0.15) is 53.7 Å². The van der Waals surface area contributed by atoms with Gasteiger partial charge in [-0.15, -0.1) is 0 Å². The van der Waals surface area contributed by atoms with Crippen molar-refractivity contribution < 1.29 is 9.53 Å². The van der Waals surface area contributed by atoms with Crippen molar-refractivity contribution in [2.24, 2.45) is 7.05 Å². The molecule has 3 aromatic rings. The van der Waals surface area contributed by atoms with Crippen molar-refractivity contribution in [2.45, 2.75) is 44.2 Å². The number of nitrogens with zero attached hydrogens (tertiary/aromatic N) is 4. The highest BCUT2D eigenvalue weighted by Gasteiger charge is 2.52. The molecule has 2 aromatic heterocycles. The number of amides is 1. The van der Waals surface area contributed by atoms with Gasteiger partial charge in [0.15, 0.2) is 0 Å². The van der Waals surface area contributed by atoms with E-state index in [1.54, 1.807) is 23.9 Å². The number of ether oxygens (including phenoxy) is 1. The number of pyridine rings is 1. The quantitative estimate of drug-likeness (QED) is 0.600. The molecule has 0 unspecified atom stereocenters. The van der Waals surface area contributed by atoms with Crippen LogP contribution in [0.4, 0.5) is 17.3 Å². The molecule has 1 aromatic carbocycles. The molecule has 9 nitrogen and oxygen atoms in total. The number of carbonyl (C=O) groups excluding carboxylic acids is 1. The third-order valence-corrected chi connectivity index (χ3v) is 6.95. The van der Waals surface area contributed by atoms with E-state index in [9.17, 15) is 9.59 Å². The van der Waals surface area contributed by atoms with Gasteiger partial charge in [0.05, 0.1) is 18.2 Å². The van der Waals surface area contributed by atoms with Crippen molar-refractivity contribution in [3.05, 3.63) is 69.9 Å². The summed E-state index contributed by atoms with van der Waals surface area (Å²) < 4.78 is 7.03. The van der Waals surface area contributed by atoms with Gasteiger partial charge in [-0.05, 0) is 30.5 Å². The number of benzene rings is 1. The van der Waals surface area contributed by atoms with Crippen LogP contribution in [0.2, 0.25) is 0 Å². The zero-order chi connectivity index (χ0) is 23.9. The highest BCUT2D eigenvalue weighted by Crippen LogP contribution is 2.48. The number of fused-ring (bicyclic) bond motifs is 2. The van der Waals surface area contributed by atoms with Crippen LogP contribution in [0.5, 0.6) is 5.75 Å². The maximum atomic E-state index is 13.9. The smallest absolute Gasteiger partial charge is 0.272 e. The zero-order valence-corrected chi connectivity index (χ0v) is 19.4. The summed E-state index contributed by atoms with van der Waals surface area (Å²) in [6, 6.07) is 9.30. The molecule has 9 heteroatoms. The van der Waals surface area contributed by atoms with Crippen LogP contribution in [0.3, 0.4) is 0 Å². The molecule has 176 valence electrons. The van der Waals surface area contributed by atoms with E-state index in [2.05, 4.69) is 15.3 Å². The Morgan fingerprint density at radius 3 is 2.53 bits per heavy atom. The van der Waals surface area contributed by atoms with Gasteiger partial charge < -0.3 is 25.3 Å². The molecule has 2 aliphatic rings. The molecule has 1 saturated carbocycles. The fraction of sp³-hybridized carbons (Fsp3) is 0.360. The molecule has 3 N–H and O–H groups in total. The van der Waals surface area contributed by atoms with Gasteiger partial charge >= 0.3 is 0 Å². The van der Waals surface area contributed by atoms with Gasteiger partial charge in [-0.25, -0.2) is 9.97 Å². The van der Waals surface area contributed by atoms with E-state index in [0.717, 1.165) is 43.4 Å². The molecule has 1 aliphatic heterocycles. The van der Waals surface area contributed by atoms with Crippen molar-refractivity contribution in [3.8, 4) is 5.75 Å². The van der Waals surface area contributed by atoms with E-state index in [4.69, 9.17) is 10.5 Å². The van der Waals surface area contributed by atoms with Crippen LogP contribution >= 0.6 is 0 Å². The Kier molecular flexibility index (Phi) is 5.47. The average Bonchev–Trinajstić information content (AvgIpc) is 3.06. The number of rotatable bonds is 5. The fourth-order valence-corrected chi connectivity index (χ4v) is 5.34. The minimum Gasteiger partial charge on any atom is -0.497 e. The van der Waals surface area contributed by atoms with Gasteiger partial charge in [0, 0.05) is 25.9 Å². The summed E-state index contributed by atoms with van der Waals surface area (Å²) >= 11 is 0. The number of anilines is 3.